The first-order chi connectivity index (χ1) is 8.08. The fraction of sp³-hybridized carbons (Fsp3) is 0.462. The molecule has 1 aromatic carbocycles. The molecule has 0 spiro atoms. The van der Waals surface area contributed by atoms with E-state index in [1.54, 1.807) is 6.92 Å². The monoisotopic (exact) mass is 239 g/mol. The zero-order chi connectivity index (χ0) is 12.8. The van der Waals surface area contributed by atoms with Crippen LogP contribution in [0.15, 0.2) is 18.2 Å². The molecule has 17 heavy (non-hydrogen) atoms. The molecule has 0 radical (unpaired) electrons. The molecule has 0 saturated heterocycles. The number of hydrogen-bond donors (Lipinski definition) is 2. The molecule has 1 unspecified atom stereocenters. The van der Waals surface area contributed by atoms with E-state index >= 15 is 0 Å². The Labute approximate surface area is 101 Å². The third kappa shape index (κ3) is 3.82. The van der Waals surface area contributed by atoms with Crippen molar-refractivity contribution >= 4 is 5.91 Å². The molecule has 3 nitrogen and oxygen atoms in total. The predicted octanol–water partition coefficient (Wildman–Crippen LogP) is 2.02. The Morgan fingerprint density at radius 1 is 1.53 bits per heavy atom. The molecular formula is C13H18FNO2. The van der Waals surface area contributed by atoms with Crippen molar-refractivity contribution in [3.8, 4) is 0 Å². The third-order valence-electron chi connectivity index (χ3n) is 2.73. The Bertz CT molecular complexity index is 393. The number of aryl methyl sites for hydroxylation is 1. The highest BCUT2D eigenvalue weighted by atomic mass is 19.1. The number of carbonyl (C=O) groups excluding carboxylic acids is 1. The van der Waals surface area contributed by atoms with Crippen LogP contribution in [0.4, 0.5) is 4.39 Å². The predicted molar refractivity (Wildman–Crippen MR) is 64.4 cm³/mol. The van der Waals surface area contributed by atoms with Gasteiger partial charge in [0.2, 0.25) is 0 Å². The van der Waals surface area contributed by atoms with Gasteiger partial charge in [0.25, 0.3) is 5.91 Å². The molecule has 0 fully saturated rings. The van der Waals surface area contributed by atoms with E-state index in [4.69, 9.17) is 5.11 Å². The first-order valence-corrected chi connectivity index (χ1v) is 5.76. The molecule has 2 N–H and O–H groups in total. The van der Waals surface area contributed by atoms with Gasteiger partial charge in [0.1, 0.15) is 5.82 Å². The van der Waals surface area contributed by atoms with Crippen molar-refractivity contribution in [3.05, 3.63) is 35.1 Å². The van der Waals surface area contributed by atoms with Gasteiger partial charge >= 0.3 is 0 Å². The number of halogens is 1. The average Bonchev–Trinajstić information content (AvgIpc) is 2.31. The molecule has 94 valence electrons. The SMILES string of the molecule is CCC(CCO)NC(=O)c1ccc(F)c(C)c1. The summed E-state index contributed by atoms with van der Waals surface area (Å²) in [6.45, 7) is 3.61. The van der Waals surface area contributed by atoms with Crippen LogP contribution < -0.4 is 5.32 Å². The van der Waals surface area contributed by atoms with Crippen LogP contribution >= 0.6 is 0 Å². The maximum atomic E-state index is 13.0. The van der Waals surface area contributed by atoms with Gasteiger partial charge in [0, 0.05) is 18.2 Å². The largest absolute Gasteiger partial charge is 0.396 e. The molecule has 1 amide bonds. The van der Waals surface area contributed by atoms with Crippen LogP contribution in [0.5, 0.6) is 0 Å². The van der Waals surface area contributed by atoms with Crippen molar-refractivity contribution in [3.63, 3.8) is 0 Å². The fourth-order valence-electron chi connectivity index (χ4n) is 1.59. The minimum absolute atomic E-state index is 0.0429. The Morgan fingerprint density at radius 2 is 2.24 bits per heavy atom. The van der Waals surface area contributed by atoms with Crippen LogP contribution in [0.25, 0.3) is 0 Å². The topological polar surface area (TPSA) is 49.3 Å². The maximum Gasteiger partial charge on any atom is 0.251 e. The van der Waals surface area contributed by atoms with Gasteiger partial charge in [-0.2, -0.15) is 0 Å². The van der Waals surface area contributed by atoms with E-state index < -0.39 is 0 Å². The normalized spacial score (nSPS) is 12.2. The quantitative estimate of drug-likeness (QED) is 0.826. The lowest BCUT2D eigenvalue weighted by Gasteiger charge is -2.15. The first kappa shape index (κ1) is 13.6. The number of carbonyl (C=O) groups is 1. The first-order valence-electron chi connectivity index (χ1n) is 5.76. The highest BCUT2D eigenvalue weighted by Crippen LogP contribution is 2.10. The highest BCUT2D eigenvalue weighted by Gasteiger charge is 2.12. The Kier molecular flexibility index (Phi) is 5.10. The summed E-state index contributed by atoms with van der Waals surface area (Å²) in [7, 11) is 0. The van der Waals surface area contributed by atoms with E-state index in [-0.39, 0.29) is 24.4 Å². The smallest absolute Gasteiger partial charge is 0.251 e. The van der Waals surface area contributed by atoms with Gasteiger partial charge in [0.05, 0.1) is 0 Å². The minimum Gasteiger partial charge on any atom is -0.396 e. The van der Waals surface area contributed by atoms with Crippen LogP contribution in [0.1, 0.15) is 35.7 Å². The van der Waals surface area contributed by atoms with Gasteiger partial charge in [-0.25, -0.2) is 4.39 Å². The Morgan fingerprint density at radius 3 is 2.76 bits per heavy atom. The summed E-state index contributed by atoms with van der Waals surface area (Å²) in [5.74, 6) is -0.544. The zero-order valence-electron chi connectivity index (χ0n) is 10.2. The number of hydrogen-bond acceptors (Lipinski definition) is 2. The second-order valence-electron chi connectivity index (χ2n) is 4.05. The van der Waals surface area contributed by atoms with Crippen LogP contribution in [-0.4, -0.2) is 23.7 Å². The lowest BCUT2D eigenvalue weighted by atomic mass is 10.1. The Balaban J connectivity index is 2.72. The molecule has 0 aliphatic rings. The van der Waals surface area contributed by atoms with Crippen molar-refractivity contribution in [1.82, 2.24) is 5.32 Å². The number of nitrogens with one attached hydrogen (secondary N) is 1. The van der Waals surface area contributed by atoms with E-state index in [1.165, 1.54) is 18.2 Å². The van der Waals surface area contributed by atoms with Gasteiger partial charge in [-0.1, -0.05) is 6.92 Å². The van der Waals surface area contributed by atoms with Crippen molar-refractivity contribution < 1.29 is 14.3 Å². The number of rotatable bonds is 5. The summed E-state index contributed by atoms with van der Waals surface area (Å²) in [6, 6.07) is 4.23. The molecule has 1 atom stereocenters. The zero-order valence-corrected chi connectivity index (χ0v) is 10.2. The van der Waals surface area contributed by atoms with E-state index in [0.29, 0.717) is 17.5 Å². The van der Waals surface area contributed by atoms with Crippen molar-refractivity contribution in [2.75, 3.05) is 6.61 Å². The molecule has 0 heterocycles. The minimum atomic E-state index is -0.316. The second-order valence-corrected chi connectivity index (χ2v) is 4.05. The van der Waals surface area contributed by atoms with E-state index in [0.717, 1.165) is 6.42 Å². The van der Waals surface area contributed by atoms with Gasteiger partial charge in [-0.15, -0.1) is 0 Å². The highest BCUT2D eigenvalue weighted by molar-refractivity contribution is 5.94. The summed E-state index contributed by atoms with van der Waals surface area (Å²) in [6.07, 6.45) is 1.29. The molecule has 1 rings (SSSR count). The van der Waals surface area contributed by atoms with Gasteiger partial charge in [-0.3, -0.25) is 4.79 Å². The van der Waals surface area contributed by atoms with Crippen molar-refractivity contribution in [1.29, 1.82) is 0 Å². The molecule has 1 aromatic rings. The number of aliphatic hydroxyl groups excluding tert-OH is 1. The van der Waals surface area contributed by atoms with E-state index in [9.17, 15) is 9.18 Å². The fourth-order valence-corrected chi connectivity index (χ4v) is 1.59. The van der Waals surface area contributed by atoms with Gasteiger partial charge in [-0.05, 0) is 43.5 Å². The van der Waals surface area contributed by atoms with Gasteiger partial charge < -0.3 is 10.4 Å². The maximum absolute atomic E-state index is 13.0. The standard InChI is InChI=1S/C13H18FNO2/c1-3-11(6-7-16)15-13(17)10-4-5-12(14)9(2)8-10/h4-5,8,11,16H,3,6-7H2,1-2H3,(H,15,17). The number of amides is 1. The second kappa shape index (κ2) is 6.35. The van der Waals surface area contributed by atoms with Crippen LogP contribution in [0.3, 0.4) is 0 Å². The van der Waals surface area contributed by atoms with E-state index in [1.807, 2.05) is 6.92 Å². The lowest BCUT2D eigenvalue weighted by molar-refractivity contribution is 0.0929. The number of benzene rings is 1. The lowest BCUT2D eigenvalue weighted by Crippen LogP contribution is -2.35. The number of aliphatic hydroxyl groups is 1. The third-order valence-corrected chi connectivity index (χ3v) is 2.73. The summed E-state index contributed by atoms with van der Waals surface area (Å²) in [4.78, 5) is 11.8. The molecule has 0 aromatic heterocycles. The molecule has 0 bridgehead atoms. The molecule has 0 aliphatic carbocycles. The molecular weight excluding hydrogens is 221 g/mol. The van der Waals surface area contributed by atoms with Crippen molar-refractivity contribution in [2.45, 2.75) is 32.7 Å². The van der Waals surface area contributed by atoms with Crippen LogP contribution in [0.2, 0.25) is 0 Å². The van der Waals surface area contributed by atoms with Crippen molar-refractivity contribution in [2.24, 2.45) is 0 Å². The van der Waals surface area contributed by atoms with E-state index in [2.05, 4.69) is 5.32 Å². The Hall–Kier alpha value is -1.42. The average molecular weight is 239 g/mol. The van der Waals surface area contributed by atoms with Gasteiger partial charge in [0.15, 0.2) is 0 Å². The summed E-state index contributed by atoms with van der Waals surface area (Å²) < 4.78 is 13.0. The van der Waals surface area contributed by atoms with Crippen LogP contribution in [-0.2, 0) is 0 Å². The summed E-state index contributed by atoms with van der Waals surface area (Å²) in [5.41, 5.74) is 0.896. The molecule has 0 aliphatic heterocycles. The molecule has 0 saturated carbocycles. The van der Waals surface area contributed by atoms with Crippen LogP contribution in [0, 0.1) is 12.7 Å². The molecule has 4 heteroatoms. The summed E-state index contributed by atoms with van der Waals surface area (Å²) >= 11 is 0. The summed E-state index contributed by atoms with van der Waals surface area (Å²) in [5, 5.41) is 11.6.